The minimum absolute atomic E-state index is 0.0185. The second kappa shape index (κ2) is 5.89. The quantitative estimate of drug-likeness (QED) is 0.781. The smallest absolute Gasteiger partial charge is 0.200 e. The molecule has 0 unspecified atom stereocenters. The third-order valence-electron chi connectivity index (χ3n) is 2.85. The second-order valence-electron chi connectivity index (χ2n) is 4.49. The molecule has 0 aromatic heterocycles. The molecule has 98 valence electrons. The molecule has 0 radical (unpaired) electrons. The van der Waals surface area contributed by atoms with Crippen LogP contribution < -0.4 is 4.74 Å². The number of Topliss-reactive ketones (excluding diaryl/α,β-unsaturated/α-hetero) is 1. The van der Waals surface area contributed by atoms with Crippen LogP contribution in [0.4, 0.5) is 0 Å². The molecule has 0 bridgehead atoms. The van der Waals surface area contributed by atoms with Gasteiger partial charge in [0.05, 0.1) is 0 Å². The van der Waals surface area contributed by atoms with E-state index in [1.165, 1.54) is 0 Å². The first-order valence-electron chi connectivity index (χ1n) is 6.05. The van der Waals surface area contributed by atoms with E-state index in [1.54, 1.807) is 18.2 Å². The van der Waals surface area contributed by atoms with E-state index >= 15 is 0 Å². The summed E-state index contributed by atoms with van der Waals surface area (Å²) in [6, 6.07) is 12.9. The van der Waals surface area contributed by atoms with Gasteiger partial charge in [-0.2, -0.15) is 0 Å². The molecule has 19 heavy (non-hydrogen) atoms. The highest BCUT2D eigenvalue weighted by Gasteiger charge is 2.08. The molecule has 2 aromatic carbocycles. The number of benzene rings is 2. The van der Waals surface area contributed by atoms with E-state index in [0.717, 1.165) is 11.1 Å². The maximum atomic E-state index is 12.0. The zero-order chi connectivity index (χ0) is 13.8. The number of carbonyl (C=O) groups is 1. The van der Waals surface area contributed by atoms with Crippen molar-refractivity contribution in [3.8, 4) is 5.75 Å². The average molecular weight is 275 g/mol. The minimum atomic E-state index is -0.0388. The highest BCUT2D eigenvalue weighted by Crippen LogP contribution is 2.22. The summed E-state index contributed by atoms with van der Waals surface area (Å²) < 4.78 is 5.54. The highest BCUT2D eigenvalue weighted by molar-refractivity contribution is 6.30. The zero-order valence-electron chi connectivity index (χ0n) is 10.9. The van der Waals surface area contributed by atoms with Crippen molar-refractivity contribution in [2.75, 3.05) is 6.61 Å². The van der Waals surface area contributed by atoms with Crippen LogP contribution in [0.3, 0.4) is 0 Å². The van der Waals surface area contributed by atoms with E-state index in [4.69, 9.17) is 16.3 Å². The normalized spacial score (nSPS) is 10.3. The van der Waals surface area contributed by atoms with Gasteiger partial charge in [-0.25, -0.2) is 0 Å². The Kier molecular flexibility index (Phi) is 4.23. The molecule has 0 spiro atoms. The number of ketones is 1. The summed E-state index contributed by atoms with van der Waals surface area (Å²) in [5.41, 5.74) is 2.69. The fraction of sp³-hybridized carbons (Fsp3) is 0.188. The van der Waals surface area contributed by atoms with Crippen LogP contribution >= 0.6 is 11.6 Å². The van der Waals surface area contributed by atoms with Gasteiger partial charge in [0.15, 0.2) is 12.4 Å². The number of aryl methyl sites for hydroxylation is 2. The third-order valence-corrected chi connectivity index (χ3v) is 3.08. The molecule has 2 nitrogen and oxygen atoms in total. The van der Waals surface area contributed by atoms with Gasteiger partial charge in [-0.15, -0.1) is 0 Å². The number of halogens is 1. The highest BCUT2D eigenvalue weighted by atomic mass is 35.5. The molecular formula is C16H15ClO2. The largest absolute Gasteiger partial charge is 0.485 e. The number of hydrogen-bond donors (Lipinski definition) is 0. The molecule has 2 rings (SSSR count). The van der Waals surface area contributed by atoms with Crippen molar-refractivity contribution in [1.82, 2.24) is 0 Å². The lowest BCUT2D eigenvalue weighted by Crippen LogP contribution is -2.12. The van der Waals surface area contributed by atoms with Crippen molar-refractivity contribution in [3.05, 3.63) is 64.2 Å². The molecule has 0 fully saturated rings. The Morgan fingerprint density at radius 3 is 2.68 bits per heavy atom. The minimum Gasteiger partial charge on any atom is -0.485 e. The van der Waals surface area contributed by atoms with Crippen LogP contribution in [0.1, 0.15) is 21.5 Å². The maximum Gasteiger partial charge on any atom is 0.200 e. The van der Waals surface area contributed by atoms with E-state index in [9.17, 15) is 4.79 Å². The SMILES string of the molecule is Cc1cccc(C(=O)COc2cc(Cl)ccc2C)c1. The van der Waals surface area contributed by atoms with Crippen LogP contribution in [0.15, 0.2) is 42.5 Å². The van der Waals surface area contributed by atoms with E-state index in [-0.39, 0.29) is 12.4 Å². The van der Waals surface area contributed by atoms with Crippen LogP contribution in [-0.4, -0.2) is 12.4 Å². The van der Waals surface area contributed by atoms with Crippen molar-refractivity contribution in [2.24, 2.45) is 0 Å². The zero-order valence-corrected chi connectivity index (χ0v) is 11.7. The molecule has 0 aliphatic rings. The van der Waals surface area contributed by atoms with Crippen LogP contribution in [0.25, 0.3) is 0 Å². The standard InChI is InChI=1S/C16H15ClO2/c1-11-4-3-5-13(8-11)15(18)10-19-16-9-14(17)7-6-12(16)2/h3-9H,10H2,1-2H3. The summed E-state index contributed by atoms with van der Waals surface area (Å²) in [5, 5.41) is 0.601. The predicted molar refractivity (Wildman–Crippen MR) is 77.2 cm³/mol. The van der Waals surface area contributed by atoms with Crippen molar-refractivity contribution in [3.63, 3.8) is 0 Å². The number of carbonyl (C=O) groups excluding carboxylic acids is 1. The molecule has 0 aliphatic carbocycles. The topological polar surface area (TPSA) is 26.3 Å². The Balaban J connectivity index is 2.06. The lowest BCUT2D eigenvalue weighted by atomic mass is 10.1. The fourth-order valence-electron chi connectivity index (χ4n) is 1.77. The van der Waals surface area contributed by atoms with Gasteiger partial charge < -0.3 is 4.74 Å². The van der Waals surface area contributed by atoms with E-state index in [0.29, 0.717) is 16.3 Å². The molecule has 0 N–H and O–H groups in total. The summed E-state index contributed by atoms with van der Waals surface area (Å²) in [6.07, 6.45) is 0. The van der Waals surface area contributed by atoms with E-state index in [2.05, 4.69) is 0 Å². The van der Waals surface area contributed by atoms with Gasteiger partial charge in [0.1, 0.15) is 5.75 Å². The van der Waals surface area contributed by atoms with Crippen molar-refractivity contribution in [1.29, 1.82) is 0 Å². The summed E-state index contributed by atoms with van der Waals surface area (Å²) >= 11 is 5.90. The lowest BCUT2D eigenvalue weighted by molar-refractivity contribution is 0.0921. The van der Waals surface area contributed by atoms with Crippen molar-refractivity contribution in [2.45, 2.75) is 13.8 Å². The van der Waals surface area contributed by atoms with Gasteiger partial charge in [-0.05, 0) is 37.6 Å². The summed E-state index contributed by atoms with van der Waals surface area (Å²) in [4.78, 5) is 12.0. The second-order valence-corrected chi connectivity index (χ2v) is 4.93. The molecule has 0 saturated carbocycles. The fourth-order valence-corrected chi connectivity index (χ4v) is 1.94. The molecule has 0 amide bonds. The van der Waals surface area contributed by atoms with E-state index in [1.807, 2.05) is 38.1 Å². The Hall–Kier alpha value is -1.80. The van der Waals surface area contributed by atoms with Gasteiger partial charge in [0.2, 0.25) is 0 Å². The Labute approximate surface area is 118 Å². The maximum absolute atomic E-state index is 12.0. The molecule has 3 heteroatoms. The molecule has 0 atom stereocenters. The van der Waals surface area contributed by atoms with Crippen molar-refractivity contribution >= 4 is 17.4 Å². The van der Waals surface area contributed by atoms with Gasteiger partial charge in [0.25, 0.3) is 0 Å². The van der Waals surface area contributed by atoms with Crippen LogP contribution in [0, 0.1) is 13.8 Å². The third kappa shape index (κ3) is 3.58. The number of rotatable bonds is 4. The van der Waals surface area contributed by atoms with Crippen LogP contribution in [0.2, 0.25) is 5.02 Å². The first-order chi connectivity index (χ1) is 9.06. The number of hydrogen-bond acceptors (Lipinski definition) is 2. The average Bonchev–Trinajstić information content (AvgIpc) is 2.39. The first-order valence-corrected chi connectivity index (χ1v) is 6.43. The first kappa shape index (κ1) is 13.6. The molecule has 0 saturated heterocycles. The number of ether oxygens (including phenoxy) is 1. The molecule has 0 aliphatic heterocycles. The van der Waals surface area contributed by atoms with Gasteiger partial charge >= 0.3 is 0 Å². The van der Waals surface area contributed by atoms with Crippen molar-refractivity contribution < 1.29 is 9.53 Å². The summed E-state index contributed by atoms with van der Waals surface area (Å²) in [7, 11) is 0. The molecule has 0 heterocycles. The van der Waals surface area contributed by atoms with E-state index < -0.39 is 0 Å². The Morgan fingerprint density at radius 2 is 1.95 bits per heavy atom. The van der Waals surface area contributed by atoms with Gasteiger partial charge in [0, 0.05) is 10.6 Å². The summed E-state index contributed by atoms with van der Waals surface area (Å²) in [6.45, 7) is 3.90. The monoisotopic (exact) mass is 274 g/mol. The van der Waals surface area contributed by atoms with Gasteiger partial charge in [-0.1, -0.05) is 41.4 Å². The molecular weight excluding hydrogens is 260 g/mol. The van der Waals surface area contributed by atoms with Crippen LogP contribution in [0.5, 0.6) is 5.75 Å². The summed E-state index contributed by atoms with van der Waals surface area (Å²) in [5.74, 6) is 0.608. The predicted octanol–water partition coefficient (Wildman–Crippen LogP) is 4.22. The lowest BCUT2D eigenvalue weighted by Gasteiger charge is -2.09. The van der Waals surface area contributed by atoms with Crippen LogP contribution in [-0.2, 0) is 0 Å². The Morgan fingerprint density at radius 1 is 1.16 bits per heavy atom. The molecule has 2 aromatic rings. The van der Waals surface area contributed by atoms with Gasteiger partial charge in [-0.3, -0.25) is 4.79 Å². The Bertz CT molecular complexity index is 605.